The van der Waals surface area contributed by atoms with Crippen molar-refractivity contribution in [2.24, 2.45) is 11.8 Å². The van der Waals surface area contributed by atoms with Gasteiger partial charge in [0.1, 0.15) is 0 Å². The Morgan fingerprint density at radius 3 is 1.15 bits per heavy atom. The van der Waals surface area contributed by atoms with Crippen LogP contribution in [0.4, 0.5) is 0 Å². The van der Waals surface area contributed by atoms with E-state index in [-0.39, 0.29) is 34.8 Å². The number of fused-ring (bicyclic) bond motifs is 4. The van der Waals surface area contributed by atoms with Crippen molar-refractivity contribution in [3.05, 3.63) is 34.4 Å². The van der Waals surface area contributed by atoms with E-state index < -0.39 is 27.7 Å². The van der Waals surface area contributed by atoms with Gasteiger partial charge in [-0.15, -0.1) is 0 Å². The zero-order valence-electron chi connectivity index (χ0n) is 20.3. The zero-order valence-corrected chi connectivity index (χ0v) is 20.3. The fourth-order valence-electron chi connectivity index (χ4n) is 8.10. The lowest BCUT2D eigenvalue weighted by Gasteiger charge is -2.46. The van der Waals surface area contributed by atoms with Gasteiger partial charge in [-0.2, -0.15) is 0 Å². The molecule has 1 spiro atoms. The van der Waals surface area contributed by atoms with Crippen LogP contribution in [0.1, 0.15) is 89.5 Å². The van der Waals surface area contributed by atoms with Gasteiger partial charge < -0.3 is 30.6 Å². The number of phenolic OH excluding ortho intramolecular Hbond substituents is 6. The van der Waals surface area contributed by atoms with E-state index in [9.17, 15) is 30.6 Å². The first-order chi connectivity index (χ1) is 15.5. The Labute approximate surface area is 195 Å². The summed E-state index contributed by atoms with van der Waals surface area (Å²) >= 11 is 0. The second-order valence-corrected chi connectivity index (χ2v) is 10.1. The van der Waals surface area contributed by atoms with Gasteiger partial charge in [0.05, 0.1) is 0 Å². The molecular formula is C27H36O6. The van der Waals surface area contributed by atoms with E-state index in [0.717, 1.165) is 36.8 Å². The molecule has 0 radical (unpaired) electrons. The third-order valence-corrected chi connectivity index (χ3v) is 9.96. The van der Waals surface area contributed by atoms with Crippen LogP contribution in [-0.4, -0.2) is 30.6 Å². The minimum absolute atomic E-state index is 0.148. The molecular weight excluding hydrogens is 420 g/mol. The normalized spacial score (nSPS) is 26.5. The number of phenols is 6. The molecule has 2 unspecified atom stereocenters. The first-order valence-electron chi connectivity index (χ1n) is 12.0. The van der Waals surface area contributed by atoms with Crippen LogP contribution in [0.25, 0.3) is 0 Å². The highest BCUT2D eigenvalue weighted by Gasteiger charge is 2.69. The topological polar surface area (TPSA) is 121 Å². The fraction of sp³-hybridized carbons (Fsp3) is 0.556. The van der Waals surface area contributed by atoms with Gasteiger partial charge in [0, 0.05) is 16.5 Å². The molecule has 180 valence electrons. The van der Waals surface area contributed by atoms with Gasteiger partial charge in [0.2, 0.25) is 11.5 Å². The van der Waals surface area contributed by atoms with E-state index in [0.29, 0.717) is 11.1 Å². The van der Waals surface area contributed by atoms with Crippen LogP contribution in [0.3, 0.4) is 0 Å². The van der Waals surface area contributed by atoms with Crippen LogP contribution in [0.5, 0.6) is 34.5 Å². The highest BCUT2D eigenvalue weighted by Crippen LogP contribution is 2.75. The average molecular weight is 457 g/mol. The van der Waals surface area contributed by atoms with Crippen molar-refractivity contribution < 1.29 is 30.6 Å². The van der Waals surface area contributed by atoms with Gasteiger partial charge in [-0.1, -0.05) is 41.5 Å². The summed E-state index contributed by atoms with van der Waals surface area (Å²) < 4.78 is 0. The summed E-state index contributed by atoms with van der Waals surface area (Å²) in [4.78, 5) is 0. The van der Waals surface area contributed by atoms with Crippen LogP contribution < -0.4 is 0 Å². The molecule has 0 fully saturated rings. The minimum atomic E-state index is -0.951. The molecule has 6 N–H and O–H groups in total. The summed E-state index contributed by atoms with van der Waals surface area (Å²) in [6.45, 7) is 12.5. The number of hydrogen-bond acceptors (Lipinski definition) is 6. The highest BCUT2D eigenvalue weighted by molar-refractivity contribution is 5.75. The molecule has 6 nitrogen and oxygen atoms in total. The molecule has 0 amide bonds. The van der Waals surface area contributed by atoms with Crippen LogP contribution in [0.15, 0.2) is 12.1 Å². The maximum atomic E-state index is 11.3. The Balaban J connectivity index is 2.30. The van der Waals surface area contributed by atoms with Gasteiger partial charge >= 0.3 is 0 Å². The molecule has 2 aromatic carbocycles. The zero-order chi connectivity index (χ0) is 24.7. The van der Waals surface area contributed by atoms with E-state index in [1.165, 1.54) is 0 Å². The van der Waals surface area contributed by atoms with E-state index in [1.807, 2.05) is 0 Å². The molecule has 0 aromatic heterocycles. The number of aromatic hydroxyl groups is 6. The first kappa shape index (κ1) is 23.4. The van der Waals surface area contributed by atoms with Crippen LogP contribution in [0.2, 0.25) is 0 Å². The molecule has 0 bridgehead atoms. The number of benzene rings is 2. The Bertz CT molecular complexity index is 1040. The van der Waals surface area contributed by atoms with E-state index in [2.05, 4.69) is 41.5 Å². The second kappa shape index (κ2) is 7.12. The molecule has 6 heteroatoms. The van der Waals surface area contributed by atoms with E-state index >= 15 is 0 Å². The molecule has 33 heavy (non-hydrogen) atoms. The lowest BCUT2D eigenvalue weighted by atomic mass is 9.56. The van der Waals surface area contributed by atoms with E-state index in [1.54, 1.807) is 12.1 Å². The van der Waals surface area contributed by atoms with Gasteiger partial charge in [0.25, 0.3) is 0 Å². The Morgan fingerprint density at radius 2 is 0.879 bits per heavy atom. The predicted octanol–water partition coefficient (Wildman–Crippen LogP) is 5.62. The van der Waals surface area contributed by atoms with Crippen molar-refractivity contribution in [2.75, 3.05) is 0 Å². The summed E-state index contributed by atoms with van der Waals surface area (Å²) in [5, 5.41) is 64.8. The molecule has 0 aliphatic heterocycles. The Morgan fingerprint density at radius 1 is 0.576 bits per heavy atom. The predicted molar refractivity (Wildman–Crippen MR) is 127 cm³/mol. The van der Waals surface area contributed by atoms with Crippen molar-refractivity contribution >= 4 is 0 Å². The average Bonchev–Trinajstić information content (AvgIpc) is 3.15. The molecule has 4 rings (SSSR count). The maximum Gasteiger partial charge on any atom is 0.200 e. The van der Waals surface area contributed by atoms with Crippen molar-refractivity contribution in [1.82, 2.24) is 0 Å². The van der Waals surface area contributed by atoms with Crippen molar-refractivity contribution in [3.63, 3.8) is 0 Å². The number of rotatable bonds is 4. The fourth-order valence-corrected chi connectivity index (χ4v) is 8.10. The smallest absolute Gasteiger partial charge is 0.200 e. The Hall–Kier alpha value is -2.76. The van der Waals surface area contributed by atoms with Crippen LogP contribution in [-0.2, 0) is 16.2 Å². The minimum Gasteiger partial charge on any atom is -0.504 e. The SMILES string of the molecule is CCC1(CC)c2cc(O)c(O)c(O)c2C2(c3c(cc(O)c(O)c3O)C(CC)(CC)C2C)C1C. The third-order valence-electron chi connectivity index (χ3n) is 9.96. The second-order valence-electron chi connectivity index (χ2n) is 10.1. The summed E-state index contributed by atoms with van der Waals surface area (Å²) in [5.74, 6) is -2.96. The summed E-state index contributed by atoms with van der Waals surface area (Å²) in [6.07, 6.45) is 2.89. The first-order valence-corrected chi connectivity index (χ1v) is 12.0. The van der Waals surface area contributed by atoms with Crippen molar-refractivity contribution in [2.45, 2.75) is 83.5 Å². The molecule has 2 aliphatic carbocycles. The monoisotopic (exact) mass is 456 g/mol. The third kappa shape index (κ3) is 2.29. The van der Waals surface area contributed by atoms with Crippen LogP contribution in [0, 0.1) is 11.8 Å². The largest absolute Gasteiger partial charge is 0.504 e. The molecule has 0 heterocycles. The molecule has 0 saturated carbocycles. The molecule has 2 aromatic rings. The van der Waals surface area contributed by atoms with Gasteiger partial charge in [-0.05, 0) is 71.6 Å². The lowest BCUT2D eigenvalue weighted by molar-refractivity contribution is 0.126. The summed E-state index contributed by atoms with van der Waals surface area (Å²) in [7, 11) is 0. The molecule has 2 atom stereocenters. The molecule has 2 aliphatic rings. The summed E-state index contributed by atoms with van der Waals surface area (Å²) in [6, 6.07) is 3.12. The van der Waals surface area contributed by atoms with Gasteiger partial charge in [-0.25, -0.2) is 0 Å². The Kier molecular flexibility index (Phi) is 5.05. The quantitative estimate of drug-likeness (QED) is 0.332. The lowest BCUT2D eigenvalue weighted by Crippen LogP contribution is -2.45. The van der Waals surface area contributed by atoms with E-state index in [4.69, 9.17) is 0 Å². The number of hydrogen-bond donors (Lipinski definition) is 6. The van der Waals surface area contributed by atoms with Crippen molar-refractivity contribution in [3.8, 4) is 34.5 Å². The summed E-state index contributed by atoms with van der Waals surface area (Å²) in [5.41, 5.74) is 0.704. The highest BCUT2D eigenvalue weighted by atomic mass is 16.3. The maximum absolute atomic E-state index is 11.3. The van der Waals surface area contributed by atoms with Gasteiger partial charge in [-0.3, -0.25) is 0 Å². The van der Waals surface area contributed by atoms with Gasteiger partial charge in [0.15, 0.2) is 23.0 Å². The molecule has 0 saturated heterocycles. The van der Waals surface area contributed by atoms with Crippen LogP contribution >= 0.6 is 0 Å². The van der Waals surface area contributed by atoms with Crippen molar-refractivity contribution in [1.29, 1.82) is 0 Å². The standard InChI is InChI=1S/C27H36O6/c1-7-25(8-2)13(5)27(19-15(25)11-17(28)21(30)23(19)32)14(6)26(9-3,10-4)16-12-18(29)22(31)24(33)20(16)27/h11-14,28-33H,7-10H2,1-6H3.